The van der Waals surface area contributed by atoms with Gasteiger partial charge in [-0.25, -0.2) is 9.97 Å². The molecule has 1 atom stereocenters. The Morgan fingerprint density at radius 2 is 1.81 bits per heavy atom. The lowest BCUT2D eigenvalue weighted by molar-refractivity contribution is 0.396. The molecule has 4 aromatic rings. The van der Waals surface area contributed by atoms with Gasteiger partial charge in [-0.2, -0.15) is 0 Å². The Labute approximate surface area is 156 Å². The maximum Gasteiger partial charge on any atom is 0.239 e. The van der Waals surface area contributed by atoms with E-state index in [9.17, 15) is 0 Å². The molecule has 0 amide bonds. The summed E-state index contributed by atoms with van der Waals surface area (Å²) in [6.45, 7) is 2.76. The summed E-state index contributed by atoms with van der Waals surface area (Å²) in [5.41, 5.74) is 3.54. The number of hydrogen-bond donors (Lipinski definition) is 0. The summed E-state index contributed by atoms with van der Waals surface area (Å²) in [7, 11) is 0. The summed E-state index contributed by atoms with van der Waals surface area (Å²) in [4.78, 5) is 11.3. The van der Waals surface area contributed by atoms with Gasteiger partial charge in [-0.3, -0.25) is 0 Å². The van der Waals surface area contributed by atoms with Crippen molar-refractivity contribution in [1.82, 2.24) is 20.2 Å². The molecule has 5 rings (SSSR count). The molecular weight excluding hydrogens is 338 g/mol. The lowest BCUT2D eigenvalue weighted by Crippen LogP contribution is -2.35. The van der Waals surface area contributed by atoms with Crippen molar-refractivity contribution in [2.45, 2.75) is 32.4 Å². The first kappa shape index (κ1) is 15.9. The van der Waals surface area contributed by atoms with Gasteiger partial charge in [0.25, 0.3) is 0 Å². The number of fused-ring (bicyclic) bond motifs is 2. The van der Waals surface area contributed by atoms with Crippen molar-refractivity contribution >= 4 is 16.7 Å². The van der Waals surface area contributed by atoms with Crippen LogP contribution in [0.25, 0.3) is 10.9 Å². The van der Waals surface area contributed by atoms with E-state index in [-0.39, 0.29) is 6.04 Å². The van der Waals surface area contributed by atoms with Crippen LogP contribution in [0.15, 0.2) is 59.3 Å². The molecule has 0 fully saturated rings. The van der Waals surface area contributed by atoms with Crippen LogP contribution in [-0.4, -0.2) is 20.2 Å². The van der Waals surface area contributed by atoms with Crippen molar-refractivity contribution < 1.29 is 4.42 Å². The van der Waals surface area contributed by atoms with Crippen LogP contribution in [0, 0.1) is 0 Å². The van der Waals surface area contributed by atoms with E-state index in [0.717, 1.165) is 36.1 Å². The SMILES string of the molecule is CCc1nnc([C@H]2Cc3ccccc3CN2c2ncnc3ccccc23)o1. The summed E-state index contributed by atoms with van der Waals surface area (Å²) in [6, 6.07) is 16.5. The molecule has 6 heteroatoms. The molecule has 27 heavy (non-hydrogen) atoms. The van der Waals surface area contributed by atoms with E-state index in [1.54, 1.807) is 6.33 Å². The van der Waals surface area contributed by atoms with E-state index in [1.807, 2.05) is 25.1 Å². The molecule has 0 saturated heterocycles. The molecule has 0 aliphatic carbocycles. The Morgan fingerprint density at radius 3 is 2.67 bits per heavy atom. The third-order valence-corrected chi connectivity index (χ3v) is 5.11. The molecule has 1 aliphatic heterocycles. The fourth-order valence-electron chi connectivity index (χ4n) is 3.73. The van der Waals surface area contributed by atoms with Crippen LogP contribution in [0.5, 0.6) is 0 Å². The van der Waals surface area contributed by atoms with E-state index in [4.69, 9.17) is 4.42 Å². The van der Waals surface area contributed by atoms with Crippen molar-refractivity contribution in [3.8, 4) is 0 Å². The lowest BCUT2D eigenvalue weighted by Gasteiger charge is -2.36. The van der Waals surface area contributed by atoms with E-state index >= 15 is 0 Å². The third-order valence-electron chi connectivity index (χ3n) is 5.11. The zero-order chi connectivity index (χ0) is 18.2. The van der Waals surface area contributed by atoms with Gasteiger partial charge in [0.1, 0.15) is 18.2 Å². The van der Waals surface area contributed by atoms with Crippen molar-refractivity contribution in [1.29, 1.82) is 0 Å². The molecule has 6 nitrogen and oxygen atoms in total. The van der Waals surface area contributed by atoms with Crippen LogP contribution in [0.2, 0.25) is 0 Å². The van der Waals surface area contributed by atoms with Gasteiger partial charge < -0.3 is 9.32 Å². The average molecular weight is 357 g/mol. The summed E-state index contributed by atoms with van der Waals surface area (Å²) < 4.78 is 5.94. The first-order valence-electron chi connectivity index (χ1n) is 9.19. The van der Waals surface area contributed by atoms with E-state index in [1.165, 1.54) is 11.1 Å². The fraction of sp³-hybridized carbons (Fsp3) is 0.238. The van der Waals surface area contributed by atoms with E-state index < -0.39 is 0 Å². The fourth-order valence-corrected chi connectivity index (χ4v) is 3.73. The van der Waals surface area contributed by atoms with Gasteiger partial charge in [-0.15, -0.1) is 10.2 Å². The third kappa shape index (κ3) is 2.73. The topological polar surface area (TPSA) is 67.9 Å². The van der Waals surface area contributed by atoms with Gasteiger partial charge in [0.05, 0.1) is 5.52 Å². The molecule has 0 bridgehead atoms. The zero-order valence-electron chi connectivity index (χ0n) is 15.0. The van der Waals surface area contributed by atoms with Crippen molar-refractivity contribution in [2.24, 2.45) is 0 Å². The summed E-state index contributed by atoms with van der Waals surface area (Å²) in [5, 5.41) is 9.55. The van der Waals surface area contributed by atoms with Gasteiger partial charge >= 0.3 is 0 Å². The highest BCUT2D eigenvalue weighted by molar-refractivity contribution is 5.89. The van der Waals surface area contributed by atoms with Crippen molar-refractivity contribution in [3.05, 3.63) is 77.8 Å². The van der Waals surface area contributed by atoms with E-state index in [0.29, 0.717) is 11.8 Å². The molecule has 0 saturated carbocycles. The van der Waals surface area contributed by atoms with Crippen LogP contribution >= 0.6 is 0 Å². The van der Waals surface area contributed by atoms with Gasteiger partial charge in [-0.1, -0.05) is 43.3 Å². The highest BCUT2D eigenvalue weighted by Crippen LogP contribution is 2.37. The highest BCUT2D eigenvalue weighted by Gasteiger charge is 2.33. The Morgan fingerprint density at radius 1 is 1.00 bits per heavy atom. The maximum absolute atomic E-state index is 5.94. The Kier molecular flexibility index (Phi) is 3.81. The average Bonchev–Trinajstić information content (AvgIpc) is 3.21. The predicted octanol–water partition coefficient (Wildman–Crippen LogP) is 3.88. The van der Waals surface area contributed by atoms with Crippen LogP contribution in [-0.2, 0) is 19.4 Å². The van der Waals surface area contributed by atoms with Crippen molar-refractivity contribution in [2.75, 3.05) is 4.90 Å². The van der Waals surface area contributed by atoms with Gasteiger partial charge in [-0.05, 0) is 23.3 Å². The van der Waals surface area contributed by atoms with Gasteiger partial charge in [0.2, 0.25) is 11.8 Å². The van der Waals surface area contributed by atoms with Crippen LogP contribution < -0.4 is 4.90 Å². The Balaban J connectivity index is 1.66. The second-order valence-corrected chi connectivity index (χ2v) is 6.72. The molecule has 1 aliphatic rings. The normalized spacial score (nSPS) is 16.5. The minimum Gasteiger partial charge on any atom is -0.423 e. The predicted molar refractivity (Wildman–Crippen MR) is 102 cm³/mol. The largest absolute Gasteiger partial charge is 0.423 e. The molecular formula is C21H19N5O. The summed E-state index contributed by atoms with van der Waals surface area (Å²) >= 11 is 0. The first-order chi connectivity index (χ1) is 13.3. The smallest absolute Gasteiger partial charge is 0.239 e. The summed E-state index contributed by atoms with van der Waals surface area (Å²) in [6.07, 6.45) is 3.16. The Hall–Kier alpha value is -3.28. The van der Waals surface area contributed by atoms with Gasteiger partial charge in [0, 0.05) is 24.8 Å². The number of aromatic nitrogens is 4. The molecule has 3 heterocycles. The van der Waals surface area contributed by atoms with Crippen LogP contribution in [0.4, 0.5) is 5.82 Å². The minimum absolute atomic E-state index is 0.0500. The van der Waals surface area contributed by atoms with Gasteiger partial charge in [0.15, 0.2) is 0 Å². The van der Waals surface area contributed by atoms with Crippen LogP contribution in [0.3, 0.4) is 0 Å². The number of rotatable bonds is 3. The molecule has 0 spiro atoms. The van der Waals surface area contributed by atoms with E-state index in [2.05, 4.69) is 55.4 Å². The Bertz CT molecular complexity index is 1100. The molecule has 0 unspecified atom stereocenters. The first-order valence-corrected chi connectivity index (χ1v) is 9.19. The maximum atomic E-state index is 5.94. The monoisotopic (exact) mass is 357 g/mol. The number of nitrogens with zero attached hydrogens (tertiary/aromatic N) is 5. The molecule has 2 aromatic carbocycles. The van der Waals surface area contributed by atoms with Crippen LogP contribution in [0.1, 0.15) is 35.9 Å². The number of hydrogen-bond acceptors (Lipinski definition) is 6. The number of aryl methyl sites for hydroxylation is 1. The second-order valence-electron chi connectivity index (χ2n) is 6.72. The lowest BCUT2D eigenvalue weighted by atomic mass is 9.93. The number of benzene rings is 2. The quantitative estimate of drug-likeness (QED) is 0.554. The molecule has 0 N–H and O–H groups in total. The molecule has 0 radical (unpaired) electrons. The number of anilines is 1. The van der Waals surface area contributed by atoms with Crippen molar-refractivity contribution in [3.63, 3.8) is 0 Å². The molecule has 2 aromatic heterocycles. The zero-order valence-corrected chi connectivity index (χ0v) is 15.0. The molecule has 134 valence electrons. The minimum atomic E-state index is -0.0500. The summed E-state index contributed by atoms with van der Waals surface area (Å²) in [5.74, 6) is 2.21. The highest BCUT2D eigenvalue weighted by atomic mass is 16.4. The standard InChI is InChI=1S/C21H19N5O/c1-2-19-24-25-21(27-19)18-11-14-7-3-4-8-15(14)12-26(18)20-16-9-5-6-10-17(16)22-13-23-20/h3-10,13,18H,2,11-12H2,1H3/t18-/m1/s1. The second kappa shape index (κ2) is 6.46. The number of para-hydroxylation sites is 1.